The van der Waals surface area contributed by atoms with Crippen LogP contribution in [0.25, 0.3) is 0 Å². The van der Waals surface area contributed by atoms with Crippen LogP contribution in [-0.2, 0) is 4.79 Å². The van der Waals surface area contributed by atoms with Crippen molar-refractivity contribution in [2.45, 2.75) is 43.7 Å². The van der Waals surface area contributed by atoms with Gasteiger partial charge in [0.1, 0.15) is 0 Å². The van der Waals surface area contributed by atoms with E-state index in [9.17, 15) is 4.79 Å². The first kappa shape index (κ1) is 9.93. The minimum Gasteiger partial charge on any atom is -0.394 e. The molecule has 14 heavy (non-hydrogen) atoms. The number of aliphatic hydroxyl groups excluding tert-OH is 1. The summed E-state index contributed by atoms with van der Waals surface area (Å²) in [4.78, 5) is 13.8. The van der Waals surface area contributed by atoms with Crippen molar-refractivity contribution in [3.63, 3.8) is 0 Å². The fourth-order valence-corrected chi connectivity index (χ4v) is 2.35. The normalized spacial score (nSPS) is 30.1. The molecule has 0 spiro atoms. The molecule has 0 aromatic rings. The molecule has 1 aliphatic heterocycles. The minimum absolute atomic E-state index is 0.0172. The molecular weight excluding hydrogens is 180 g/mol. The van der Waals surface area contributed by atoms with Gasteiger partial charge in [-0.25, -0.2) is 0 Å². The highest BCUT2D eigenvalue weighted by Gasteiger charge is 2.45. The smallest absolute Gasteiger partial charge is 0.242 e. The highest BCUT2D eigenvalue weighted by molar-refractivity contribution is 5.87. The highest BCUT2D eigenvalue weighted by atomic mass is 16.3. The van der Waals surface area contributed by atoms with Crippen LogP contribution in [0.4, 0.5) is 0 Å². The average molecular weight is 198 g/mol. The summed E-state index contributed by atoms with van der Waals surface area (Å²) in [7, 11) is 0. The Hall–Kier alpha value is -0.610. The van der Waals surface area contributed by atoms with E-state index in [-0.39, 0.29) is 18.6 Å². The number of carbonyl (C=O) groups is 1. The zero-order chi connectivity index (χ0) is 10.2. The lowest BCUT2D eigenvalue weighted by molar-refractivity contribution is -0.141. The fourth-order valence-electron chi connectivity index (χ4n) is 2.35. The Morgan fingerprint density at radius 1 is 1.50 bits per heavy atom. The van der Waals surface area contributed by atoms with Gasteiger partial charge in [0, 0.05) is 6.54 Å². The molecule has 1 saturated heterocycles. The molecule has 2 fully saturated rings. The average Bonchev–Trinajstić information content (AvgIpc) is 2.60. The Bertz CT molecular complexity index is 238. The summed E-state index contributed by atoms with van der Waals surface area (Å²) in [5, 5.41) is 9.11. The fraction of sp³-hybridized carbons (Fsp3) is 0.900. The molecule has 2 aliphatic rings. The van der Waals surface area contributed by atoms with Gasteiger partial charge >= 0.3 is 0 Å². The van der Waals surface area contributed by atoms with Gasteiger partial charge in [0.2, 0.25) is 5.91 Å². The Morgan fingerprint density at radius 2 is 2.21 bits per heavy atom. The molecule has 0 aromatic carbocycles. The number of nitrogens with zero attached hydrogens (tertiary/aromatic N) is 1. The van der Waals surface area contributed by atoms with E-state index in [1.165, 1.54) is 0 Å². The van der Waals surface area contributed by atoms with Gasteiger partial charge in [-0.2, -0.15) is 0 Å². The van der Waals surface area contributed by atoms with E-state index in [4.69, 9.17) is 10.8 Å². The molecule has 3 N–H and O–H groups in total. The molecule has 0 unspecified atom stereocenters. The van der Waals surface area contributed by atoms with E-state index < -0.39 is 5.54 Å². The molecule has 1 heterocycles. The van der Waals surface area contributed by atoms with E-state index >= 15 is 0 Å². The number of aliphatic hydroxyl groups is 1. The summed E-state index contributed by atoms with van der Waals surface area (Å²) in [6.45, 7) is 0.838. The van der Waals surface area contributed by atoms with Gasteiger partial charge in [-0.05, 0) is 32.1 Å². The predicted octanol–water partition coefficient (Wildman–Crippen LogP) is -0.149. The van der Waals surface area contributed by atoms with Gasteiger partial charge in [0.25, 0.3) is 0 Å². The molecule has 1 amide bonds. The van der Waals surface area contributed by atoms with Crippen molar-refractivity contribution in [3.05, 3.63) is 0 Å². The molecule has 4 nitrogen and oxygen atoms in total. The highest BCUT2D eigenvalue weighted by Crippen LogP contribution is 2.33. The van der Waals surface area contributed by atoms with Crippen molar-refractivity contribution >= 4 is 5.91 Å². The number of carbonyl (C=O) groups excluding carboxylic acids is 1. The number of hydrogen-bond donors (Lipinski definition) is 2. The largest absolute Gasteiger partial charge is 0.394 e. The number of hydrogen-bond acceptors (Lipinski definition) is 3. The lowest BCUT2D eigenvalue weighted by atomic mass is 9.76. The molecule has 2 rings (SSSR count). The van der Waals surface area contributed by atoms with Gasteiger partial charge in [0.15, 0.2) is 0 Å². The van der Waals surface area contributed by atoms with Crippen molar-refractivity contribution in [2.24, 2.45) is 5.73 Å². The van der Waals surface area contributed by atoms with Crippen LogP contribution in [0, 0.1) is 0 Å². The van der Waals surface area contributed by atoms with E-state index in [0.717, 1.165) is 38.6 Å². The first-order chi connectivity index (χ1) is 6.67. The summed E-state index contributed by atoms with van der Waals surface area (Å²) in [6, 6.07) is 0.0172. The third-order valence-electron chi connectivity index (χ3n) is 3.52. The number of likely N-dealkylation sites (tertiary alicyclic amines) is 1. The third-order valence-corrected chi connectivity index (χ3v) is 3.52. The Morgan fingerprint density at radius 3 is 2.71 bits per heavy atom. The molecule has 1 atom stereocenters. The van der Waals surface area contributed by atoms with Crippen LogP contribution < -0.4 is 5.73 Å². The van der Waals surface area contributed by atoms with Crippen molar-refractivity contribution in [1.82, 2.24) is 4.90 Å². The number of amides is 1. The topological polar surface area (TPSA) is 66.6 Å². The first-order valence-electron chi connectivity index (χ1n) is 5.38. The summed E-state index contributed by atoms with van der Waals surface area (Å²) in [5.41, 5.74) is 5.37. The second kappa shape index (κ2) is 3.51. The maximum absolute atomic E-state index is 12.0. The zero-order valence-corrected chi connectivity index (χ0v) is 8.41. The van der Waals surface area contributed by atoms with Gasteiger partial charge in [-0.3, -0.25) is 4.79 Å². The minimum atomic E-state index is -0.599. The standard InChI is InChI=1S/C10H18N2O2/c11-10(4-2-5-10)9(14)12-6-1-3-8(12)7-13/h8,13H,1-7,11H2/t8-/m0/s1. The van der Waals surface area contributed by atoms with Crippen LogP contribution in [0.2, 0.25) is 0 Å². The first-order valence-corrected chi connectivity index (χ1v) is 5.38. The van der Waals surface area contributed by atoms with Crippen molar-refractivity contribution < 1.29 is 9.90 Å². The molecule has 0 bridgehead atoms. The summed E-state index contributed by atoms with van der Waals surface area (Å²) < 4.78 is 0. The maximum Gasteiger partial charge on any atom is 0.242 e. The van der Waals surface area contributed by atoms with Crippen LogP contribution in [0.5, 0.6) is 0 Å². The quantitative estimate of drug-likeness (QED) is 0.648. The Labute approximate surface area is 84.1 Å². The van der Waals surface area contributed by atoms with Crippen LogP contribution in [0.3, 0.4) is 0 Å². The summed E-state index contributed by atoms with van der Waals surface area (Å²) in [5.74, 6) is 0.0558. The molecule has 80 valence electrons. The monoisotopic (exact) mass is 198 g/mol. The van der Waals surface area contributed by atoms with Gasteiger partial charge in [-0.1, -0.05) is 0 Å². The van der Waals surface area contributed by atoms with E-state index in [0.29, 0.717) is 0 Å². The van der Waals surface area contributed by atoms with Crippen LogP contribution >= 0.6 is 0 Å². The Balaban J connectivity index is 2.03. The van der Waals surface area contributed by atoms with Gasteiger partial charge < -0.3 is 15.7 Å². The predicted molar refractivity (Wildman–Crippen MR) is 52.6 cm³/mol. The number of rotatable bonds is 2. The van der Waals surface area contributed by atoms with Crippen LogP contribution in [-0.4, -0.2) is 40.6 Å². The van der Waals surface area contributed by atoms with E-state index in [2.05, 4.69) is 0 Å². The molecule has 0 aromatic heterocycles. The molecule has 1 saturated carbocycles. The second-order valence-corrected chi connectivity index (χ2v) is 4.49. The van der Waals surface area contributed by atoms with Crippen molar-refractivity contribution in [1.29, 1.82) is 0 Å². The molecule has 1 aliphatic carbocycles. The second-order valence-electron chi connectivity index (χ2n) is 4.49. The lowest BCUT2D eigenvalue weighted by Crippen LogP contribution is -2.60. The van der Waals surface area contributed by atoms with Gasteiger partial charge in [0.05, 0.1) is 18.2 Å². The molecule has 4 heteroatoms. The SMILES string of the molecule is NC1(C(=O)N2CCC[C@H]2CO)CCC1. The van der Waals surface area contributed by atoms with E-state index in [1.807, 2.05) is 0 Å². The van der Waals surface area contributed by atoms with Gasteiger partial charge in [-0.15, -0.1) is 0 Å². The summed E-state index contributed by atoms with van der Waals surface area (Å²) in [6.07, 6.45) is 4.58. The third kappa shape index (κ3) is 1.42. The molecular formula is C10H18N2O2. The van der Waals surface area contributed by atoms with Crippen molar-refractivity contribution in [2.75, 3.05) is 13.2 Å². The summed E-state index contributed by atoms with van der Waals surface area (Å²) >= 11 is 0. The molecule has 0 radical (unpaired) electrons. The lowest BCUT2D eigenvalue weighted by Gasteiger charge is -2.40. The number of nitrogens with two attached hydrogens (primary N) is 1. The Kier molecular flexibility index (Phi) is 2.49. The maximum atomic E-state index is 12.0. The van der Waals surface area contributed by atoms with Crippen molar-refractivity contribution in [3.8, 4) is 0 Å². The van der Waals surface area contributed by atoms with Crippen LogP contribution in [0.15, 0.2) is 0 Å². The van der Waals surface area contributed by atoms with Crippen LogP contribution in [0.1, 0.15) is 32.1 Å². The van der Waals surface area contributed by atoms with E-state index in [1.54, 1.807) is 4.90 Å². The zero-order valence-electron chi connectivity index (χ0n) is 8.41.